The van der Waals surface area contributed by atoms with Gasteiger partial charge in [-0.3, -0.25) is 0 Å². The van der Waals surface area contributed by atoms with E-state index in [0.717, 1.165) is 42.5 Å². The minimum Gasteiger partial charge on any atom is -0.443 e. The number of nitrogens with zero attached hydrogens (tertiary/aromatic N) is 2. The molecule has 2 aromatic heterocycles. The number of nitrogens with one attached hydrogen (secondary N) is 2. The van der Waals surface area contributed by atoms with Crippen LogP contribution in [0.1, 0.15) is 39.3 Å². The number of aliphatic hydroxyl groups is 1. The third kappa shape index (κ3) is 8.61. The second kappa shape index (κ2) is 13.1. The fourth-order valence-electron chi connectivity index (χ4n) is 2.79. The third-order valence-electron chi connectivity index (χ3n) is 3.93. The van der Waals surface area contributed by atoms with Crippen molar-refractivity contribution in [1.29, 1.82) is 0 Å². The van der Waals surface area contributed by atoms with Crippen molar-refractivity contribution < 1.29 is 9.52 Å². The molecule has 0 aliphatic heterocycles. The Morgan fingerprint density at radius 3 is 2.81 bits per heavy atom. The Morgan fingerprint density at radius 2 is 2.19 bits per heavy atom. The fraction of sp³-hybridized carbons (Fsp3) is 0.579. The molecule has 0 radical (unpaired) electrons. The quantitative estimate of drug-likeness (QED) is 0.257. The first-order valence-electron chi connectivity index (χ1n) is 9.23. The highest BCUT2D eigenvalue weighted by Crippen LogP contribution is 2.23. The molecule has 6 nitrogen and oxygen atoms in total. The number of hydrogen-bond donors (Lipinski definition) is 3. The molecular weight excluding hydrogens is 475 g/mol. The summed E-state index contributed by atoms with van der Waals surface area (Å²) in [7, 11) is 0. The van der Waals surface area contributed by atoms with Crippen molar-refractivity contribution in [1.82, 2.24) is 15.6 Å². The van der Waals surface area contributed by atoms with E-state index in [1.54, 1.807) is 17.6 Å². The minimum atomic E-state index is 0. The summed E-state index contributed by atoms with van der Waals surface area (Å²) in [6.45, 7) is 8.72. The van der Waals surface area contributed by atoms with Gasteiger partial charge in [-0.1, -0.05) is 19.9 Å². The molecule has 8 heteroatoms. The maximum Gasteiger partial charge on any atom is 0.236 e. The van der Waals surface area contributed by atoms with Crippen LogP contribution in [0.15, 0.2) is 33.2 Å². The van der Waals surface area contributed by atoms with Crippen molar-refractivity contribution in [3.8, 4) is 10.8 Å². The van der Waals surface area contributed by atoms with Crippen LogP contribution >= 0.6 is 35.3 Å². The zero-order valence-electron chi connectivity index (χ0n) is 16.3. The lowest BCUT2D eigenvalue weighted by atomic mass is 9.94. The van der Waals surface area contributed by atoms with Gasteiger partial charge in [0.05, 0.1) is 11.4 Å². The van der Waals surface area contributed by atoms with Crippen molar-refractivity contribution in [3.63, 3.8) is 0 Å². The zero-order chi connectivity index (χ0) is 18.8. The Bertz CT molecular complexity index is 658. The third-order valence-corrected chi connectivity index (χ3v) is 4.79. The first kappa shape index (κ1) is 23.9. The van der Waals surface area contributed by atoms with Crippen LogP contribution in [0.4, 0.5) is 0 Å². The Kier molecular flexibility index (Phi) is 11.6. The van der Waals surface area contributed by atoms with Gasteiger partial charge in [-0.05, 0) is 43.0 Å². The summed E-state index contributed by atoms with van der Waals surface area (Å²) in [6.07, 6.45) is 3.55. The van der Waals surface area contributed by atoms with E-state index in [0.29, 0.717) is 24.3 Å². The lowest BCUT2D eigenvalue weighted by molar-refractivity contribution is 0.243. The number of guanidine groups is 1. The van der Waals surface area contributed by atoms with E-state index >= 15 is 0 Å². The fourth-order valence-corrected chi connectivity index (χ4v) is 3.44. The van der Waals surface area contributed by atoms with Gasteiger partial charge in [-0.25, -0.2) is 9.98 Å². The summed E-state index contributed by atoms with van der Waals surface area (Å²) in [6, 6.07) is 3.97. The van der Waals surface area contributed by atoms with Crippen molar-refractivity contribution >= 4 is 41.3 Å². The van der Waals surface area contributed by atoms with E-state index in [-0.39, 0.29) is 30.6 Å². The molecule has 27 heavy (non-hydrogen) atoms. The average molecular weight is 506 g/mol. The van der Waals surface area contributed by atoms with Crippen molar-refractivity contribution in [2.24, 2.45) is 16.8 Å². The highest BCUT2D eigenvalue weighted by Gasteiger charge is 2.12. The monoisotopic (exact) mass is 506 g/mol. The molecule has 0 bridgehead atoms. The number of hydrogen-bond acceptors (Lipinski definition) is 5. The molecule has 0 saturated carbocycles. The van der Waals surface area contributed by atoms with Crippen molar-refractivity contribution in [3.05, 3.63) is 29.5 Å². The summed E-state index contributed by atoms with van der Waals surface area (Å²) in [5.41, 5.74) is 0.805. The average Bonchev–Trinajstić information content (AvgIpc) is 3.28. The van der Waals surface area contributed by atoms with Gasteiger partial charge in [-0.2, -0.15) is 0 Å². The summed E-state index contributed by atoms with van der Waals surface area (Å²) in [5.74, 6) is 2.45. The Labute approximate surface area is 182 Å². The minimum absolute atomic E-state index is 0. The summed E-state index contributed by atoms with van der Waals surface area (Å²) >= 11 is 1.61. The van der Waals surface area contributed by atoms with E-state index in [1.165, 1.54) is 0 Å². The maximum atomic E-state index is 9.26. The summed E-state index contributed by atoms with van der Waals surface area (Å²) in [5, 5.41) is 17.9. The molecule has 1 unspecified atom stereocenters. The number of rotatable bonds is 10. The van der Waals surface area contributed by atoms with Crippen LogP contribution in [0.5, 0.6) is 0 Å². The van der Waals surface area contributed by atoms with Crippen molar-refractivity contribution in [2.75, 3.05) is 19.7 Å². The first-order valence-corrected chi connectivity index (χ1v) is 10.1. The molecular formula is C19H31IN4O2S. The zero-order valence-corrected chi connectivity index (χ0v) is 19.4. The molecule has 0 amide bonds. The Balaban J connectivity index is 0.00000364. The molecule has 2 heterocycles. The van der Waals surface area contributed by atoms with Crippen LogP contribution < -0.4 is 10.6 Å². The van der Waals surface area contributed by atoms with E-state index in [9.17, 15) is 5.11 Å². The predicted octanol–water partition coefficient (Wildman–Crippen LogP) is 4.12. The lowest BCUT2D eigenvalue weighted by Crippen LogP contribution is -2.40. The van der Waals surface area contributed by atoms with Gasteiger partial charge in [0.2, 0.25) is 5.89 Å². The second-order valence-corrected chi connectivity index (χ2v) is 7.65. The molecule has 1 atom stereocenters. The smallest absolute Gasteiger partial charge is 0.236 e. The normalized spacial score (nSPS) is 12.7. The summed E-state index contributed by atoms with van der Waals surface area (Å²) < 4.78 is 5.54. The van der Waals surface area contributed by atoms with Gasteiger partial charge in [0.25, 0.3) is 0 Å². The van der Waals surface area contributed by atoms with Crippen LogP contribution in [-0.4, -0.2) is 35.7 Å². The molecule has 2 rings (SSSR count). The Morgan fingerprint density at radius 1 is 1.37 bits per heavy atom. The highest BCUT2D eigenvalue weighted by molar-refractivity contribution is 14.0. The number of thiophene rings is 1. The number of aliphatic hydroxyl groups excluding tert-OH is 1. The molecule has 0 aromatic carbocycles. The largest absolute Gasteiger partial charge is 0.443 e. The van der Waals surface area contributed by atoms with Crippen LogP contribution in [0, 0.1) is 11.8 Å². The first-order chi connectivity index (χ1) is 12.6. The predicted molar refractivity (Wildman–Crippen MR) is 123 cm³/mol. The van der Waals surface area contributed by atoms with Crippen LogP contribution in [-0.2, 0) is 6.54 Å². The number of aromatic nitrogens is 1. The molecule has 0 aliphatic carbocycles. The van der Waals surface area contributed by atoms with E-state index in [4.69, 9.17) is 4.42 Å². The van der Waals surface area contributed by atoms with Crippen LogP contribution in [0.2, 0.25) is 0 Å². The Hall–Kier alpha value is -1.13. The van der Waals surface area contributed by atoms with Gasteiger partial charge in [0.1, 0.15) is 12.0 Å². The molecule has 2 aromatic rings. The van der Waals surface area contributed by atoms with Gasteiger partial charge < -0.3 is 20.2 Å². The second-order valence-electron chi connectivity index (χ2n) is 6.71. The van der Waals surface area contributed by atoms with Gasteiger partial charge >= 0.3 is 0 Å². The van der Waals surface area contributed by atoms with E-state index in [1.807, 2.05) is 24.4 Å². The number of halogens is 1. The molecule has 152 valence electrons. The van der Waals surface area contributed by atoms with Gasteiger partial charge in [0.15, 0.2) is 5.96 Å². The standard InChI is InChI=1S/C19H30N4O2S.HI/c1-4-20-19(21-11-15(7-8-24)10-14(2)3)22-12-16-13-25-18(23-16)17-6-5-9-26-17;/h5-6,9,13-15,24H,4,7-8,10-12H2,1-3H3,(H2,20,21,22);1H. The van der Waals surface area contributed by atoms with Gasteiger partial charge in [0, 0.05) is 19.7 Å². The molecule has 0 spiro atoms. The molecule has 0 saturated heterocycles. The van der Waals surface area contributed by atoms with Crippen LogP contribution in [0.25, 0.3) is 10.8 Å². The topological polar surface area (TPSA) is 82.7 Å². The SMILES string of the molecule is CCNC(=NCc1coc(-c2cccs2)n1)NCC(CCO)CC(C)C.I. The molecule has 3 N–H and O–H groups in total. The van der Waals surface area contributed by atoms with Crippen LogP contribution in [0.3, 0.4) is 0 Å². The molecule has 0 fully saturated rings. The lowest BCUT2D eigenvalue weighted by Gasteiger charge is -2.20. The number of oxazole rings is 1. The van der Waals surface area contributed by atoms with E-state index in [2.05, 4.69) is 34.5 Å². The summed E-state index contributed by atoms with van der Waals surface area (Å²) in [4.78, 5) is 10.1. The highest BCUT2D eigenvalue weighted by atomic mass is 127. The number of aliphatic imine (C=N–C) groups is 1. The molecule has 0 aliphatic rings. The van der Waals surface area contributed by atoms with Gasteiger partial charge in [-0.15, -0.1) is 35.3 Å². The van der Waals surface area contributed by atoms with Crippen molar-refractivity contribution in [2.45, 2.75) is 40.2 Å². The van der Waals surface area contributed by atoms with E-state index < -0.39 is 0 Å². The maximum absolute atomic E-state index is 9.26.